The van der Waals surface area contributed by atoms with Crippen LogP contribution < -0.4 is 15.2 Å². The van der Waals surface area contributed by atoms with Crippen molar-refractivity contribution in [2.24, 2.45) is 0 Å². The molecule has 1 aliphatic heterocycles. The molecule has 1 aliphatic rings. The van der Waals surface area contributed by atoms with E-state index in [-0.39, 0.29) is 0 Å². The van der Waals surface area contributed by atoms with E-state index in [1.165, 1.54) is 11.4 Å². The Balaban J connectivity index is 2.23. The number of benzene rings is 1. The first kappa shape index (κ1) is 13.0. The molecule has 0 aliphatic carbocycles. The van der Waals surface area contributed by atoms with Gasteiger partial charge in [-0.2, -0.15) is 12.7 Å². The maximum atomic E-state index is 12.1. The van der Waals surface area contributed by atoms with Gasteiger partial charge in [0.1, 0.15) is 5.75 Å². The van der Waals surface area contributed by atoms with Gasteiger partial charge < -0.3 is 10.5 Å². The fourth-order valence-corrected chi connectivity index (χ4v) is 3.24. The lowest BCUT2D eigenvalue weighted by Gasteiger charge is -2.18. The van der Waals surface area contributed by atoms with Crippen molar-refractivity contribution in [2.45, 2.75) is 12.8 Å². The Bertz CT molecular complexity index is 524. The van der Waals surface area contributed by atoms with Gasteiger partial charge >= 0.3 is 10.2 Å². The van der Waals surface area contributed by atoms with E-state index in [4.69, 9.17) is 10.5 Å². The Morgan fingerprint density at radius 1 is 1.33 bits per heavy atom. The van der Waals surface area contributed by atoms with Crippen molar-refractivity contribution in [2.75, 3.05) is 30.7 Å². The summed E-state index contributed by atoms with van der Waals surface area (Å²) in [6.07, 6.45) is 1.81. The Morgan fingerprint density at radius 2 is 2.00 bits per heavy atom. The lowest BCUT2D eigenvalue weighted by atomic mass is 10.2. The fourth-order valence-electron chi connectivity index (χ4n) is 1.92. The zero-order valence-corrected chi connectivity index (χ0v) is 11.0. The second-order valence-electron chi connectivity index (χ2n) is 4.17. The molecule has 2 rings (SSSR count). The molecule has 0 radical (unpaired) electrons. The number of nitrogen functional groups attached to an aromatic ring is 1. The van der Waals surface area contributed by atoms with Crippen LogP contribution in [0.15, 0.2) is 18.2 Å². The first-order chi connectivity index (χ1) is 8.53. The van der Waals surface area contributed by atoms with Crippen molar-refractivity contribution in [1.82, 2.24) is 4.31 Å². The summed E-state index contributed by atoms with van der Waals surface area (Å²) in [6, 6.07) is 4.81. The molecule has 6 nitrogen and oxygen atoms in total. The lowest BCUT2D eigenvalue weighted by molar-refractivity contribution is 0.416. The minimum atomic E-state index is -3.50. The molecule has 3 N–H and O–H groups in total. The van der Waals surface area contributed by atoms with Crippen LogP contribution in [-0.2, 0) is 10.2 Å². The van der Waals surface area contributed by atoms with Gasteiger partial charge in [0.05, 0.1) is 12.8 Å². The molecule has 1 heterocycles. The largest absolute Gasteiger partial charge is 0.494 e. The maximum absolute atomic E-state index is 12.1. The average Bonchev–Trinajstić information content (AvgIpc) is 2.85. The van der Waals surface area contributed by atoms with E-state index >= 15 is 0 Å². The Labute approximate surface area is 107 Å². The number of nitrogens with zero attached hydrogens (tertiary/aromatic N) is 1. The van der Waals surface area contributed by atoms with E-state index in [2.05, 4.69) is 4.72 Å². The highest BCUT2D eigenvalue weighted by Crippen LogP contribution is 2.28. The maximum Gasteiger partial charge on any atom is 0.301 e. The number of anilines is 2. The molecule has 0 bridgehead atoms. The second kappa shape index (κ2) is 5.03. The van der Waals surface area contributed by atoms with Crippen molar-refractivity contribution in [3.8, 4) is 5.75 Å². The van der Waals surface area contributed by atoms with Gasteiger partial charge in [-0.25, -0.2) is 0 Å². The Kier molecular flexibility index (Phi) is 3.63. The van der Waals surface area contributed by atoms with Gasteiger partial charge in [-0.05, 0) is 25.0 Å². The second-order valence-corrected chi connectivity index (χ2v) is 5.84. The standard InChI is InChI=1S/C11H17N3O3S/c1-17-11-8-9(12)4-5-10(11)13-18(15,16)14-6-2-3-7-14/h4-5,8,13H,2-3,6-7,12H2,1H3. The summed E-state index contributed by atoms with van der Waals surface area (Å²) >= 11 is 0. The SMILES string of the molecule is COc1cc(N)ccc1NS(=O)(=O)N1CCCC1. The third-order valence-corrected chi connectivity index (χ3v) is 4.39. The van der Waals surface area contributed by atoms with E-state index < -0.39 is 10.2 Å². The number of hydrogen-bond donors (Lipinski definition) is 2. The van der Waals surface area contributed by atoms with E-state index in [1.54, 1.807) is 18.2 Å². The van der Waals surface area contributed by atoms with Crippen LogP contribution in [0.4, 0.5) is 11.4 Å². The predicted octanol–water partition coefficient (Wildman–Crippen LogP) is 1.03. The van der Waals surface area contributed by atoms with Gasteiger partial charge in [-0.3, -0.25) is 4.72 Å². The van der Waals surface area contributed by atoms with E-state index in [1.807, 2.05) is 0 Å². The van der Waals surface area contributed by atoms with Gasteiger partial charge in [0.2, 0.25) is 0 Å². The highest BCUT2D eigenvalue weighted by molar-refractivity contribution is 7.90. The summed E-state index contributed by atoms with van der Waals surface area (Å²) in [5, 5.41) is 0. The molecule has 1 fully saturated rings. The van der Waals surface area contributed by atoms with E-state index in [0.29, 0.717) is 30.2 Å². The third kappa shape index (κ3) is 2.68. The van der Waals surface area contributed by atoms with Crippen LogP contribution in [0.5, 0.6) is 5.75 Å². The molecule has 0 atom stereocenters. The van der Waals surface area contributed by atoms with Crippen molar-refractivity contribution >= 4 is 21.6 Å². The molecule has 0 unspecified atom stereocenters. The van der Waals surface area contributed by atoms with Crippen LogP contribution >= 0.6 is 0 Å². The van der Waals surface area contributed by atoms with Crippen molar-refractivity contribution in [1.29, 1.82) is 0 Å². The van der Waals surface area contributed by atoms with Crippen LogP contribution in [0.1, 0.15) is 12.8 Å². The molecular weight excluding hydrogens is 254 g/mol. The van der Waals surface area contributed by atoms with Crippen molar-refractivity contribution in [3.63, 3.8) is 0 Å². The molecule has 7 heteroatoms. The Hall–Kier alpha value is -1.47. The van der Waals surface area contributed by atoms with E-state index in [9.17, 15) is 8.42 Å². The van der Waals surface area contributed by atoms with Crippen molar-refractivity contribution in [3.05, 3.63) is 18.2 Å². The zero-order chi connectivity index (χ0) is 13.2. The first-order valence-electron chi connectivity index (χ1n) is 5.74. The van der Waals surface area contributed by atoms with Gasteiger partial charge in [-0.15, -0.1) is 0 Å². The van der Waals surface area contributed by atoms with Gasteiger partial charge in [0.25, 0.3) is 0 Å². The first-order valence-corrected chi connectivity index (χ1v) is 7.18. The quantitative estimate of drug-likeness (QED) is 0.801. The molecule has 1 aromatic carbocycles. The minimum Gasteiger partial charge on any atom is -0.494 e. The summed E-state index contributed by atoms with van der Waals surface area (Å²) in [5.74, 6) is 0.415. The molecular formula is C11H17N3O3S. The van der Waals surface area contributed by atoms with Crippen LogP contribution in [0.25, 0.3) is 0 Å². The number of nitrogens with two attached hydrogens (primary N) is 1. The zero-order valence-electron chi connectivity index (χ0n) is 10.2. The summed E-state index contributed by atoms with van der Waals surface area (Å²) in [4.78, 5) is 0. The van der Waals surface area contributed by atoms with Gasteiger partial charge in [0, 0.05) is 24.8 Å². The lowest BCUT2D eigenvalue weighted by Crippen LogP contribution is -2.33. The number of rotatable bonds is 4. The van der Waals surface area contributed by atoms with Crippen LogP contribution in [0.3, 0.4) is 0 Å². The molecule has 0 aromatic heterocycles. The Morgan fingerprint density at radius 3 is 2.61 bits per heavy atom. The molecule has 1 aromatic rings. The molecule has 18 heavy (non-hydrogen) atoms. The van der Waals surface area contributed by atoms with Crippen LogP contribution in [0, 0.1) is 0 Å². The van der Waals surface area contributed by atoms with Gasteiger partial charge in [0.15, 0.2) is 0 Å². The van der Waals surface area contributed by atoms with Crippen LogP contribution in [-0.4, -0.2) is 32.9 Å². The fraction of sp³-hybridized carbons (Fsp3) is 0.455. The average molecular weight is 271 g/mol. The summed E-state index contributed by atoms with van der Waals surface area (Å²) in [6.45, 7) is 1.12. The summed E-state index contributed by atoms with van der Waals surface area (Å²) < 4.78 is 33.2. The topological polar surface area (TPSA) is 84.7 Å². The smallest absolute Gasteiger partial charge is 0.301 e. The number of ether oxygens (including phenoxy) is 1. The summed E-state index contributed by atoms with van der Waals surface area (Å²) in [7, 11) is -2.02. The number of nitrogens with one attached hydrogen (secondary N) is 1. The number of methoxy groups -OCH3 is 1. The predicted molar refractivity (Wildman–Crippen MR) is 70.8 cm³/mol. The van der Waals surface area contributed by atoms with Crippen LogP contribution in [0.2, 0.25) is 0 Å². The minimum absolute atomic E-state index is 0.401. The molecule has 0 saturated carbocycles. The third-order valence-electron chi connectivity index (χ3n) is 2.87. The molecule has 1 saturated heterocycles. The highest BCUT2D eigenvalue weighted by Gasteiger charge is 2.25. The van der Waals surface area contributed by atoms with E-state index in [0.717, 1.165) is 12.8 Å². The normalized spacial score (nSPS) is 16.7. The summed E-state index contributed by atoms with van der Waals surface area (Å²) in [5.41, 5.74) is 6.55. The molecule has 0 spiro atoms. The van der Waals surface area contributed by atoms with Gasteiger partial charge in [-0.1, -0.05) is 0 Å². The molecule has 0 amide bonds. The highest BCUT2D eigenvalue weighted by atomic mass is 32.2. The van der Waals surface area contributed by atoms with Crippen molar-refractivity contribution < 1.29 is 13.2 Å². The molecule has 100 valence electrons. The number of hydrogen-bond acceptors (Lipinski definition) is 4. The monoisotopic (exact) mass is 271 g/mol.